The van der Waals surface area contributed by atoms with Crippen molar-refractivity contribution in [3.8, 4) is 0 Å². The molecule has 0 aromatic heterocycles. The van der Waals surface area contributed by atoms with Crippen LogP contribution < -0.4 is 0 Å². The van der Waals surface area contributed by atoms with Crippen molar-refractivity contribution in [2.75, 3.05) is 13.2 Å². The first-order valence-corrected chi connectivity index (χ1v) is 17.1. The molecule has 0 aliphatic heterocycles. The Morgan fingerprint density at radius 3 is 2.05 bits per heavy atom. The fraction of sp³-hybridized carbons (Fsp3) is 0.833. The highest BCUT2D eigenvalue weighted by atomic mass is 16.6. The number of hydrogen-bond acceptors (Lipinski definition) is 7. The zero-order chi connectivity index (χ0) is 31.6. The van der Waals surface area contributed by atoms with Crippen molar-refractivity contribution in [2.24, 2.45) is 29.1 Å². The van der Waals surface area contributed by atoms with Gasteiger partial charge in [0.1, 0.15) is 17.3 Å². The Kier molecular flexibility index (Phi) is 10.7. The lowest BCUT2D eigenvalue weighted by molar-refractivity contribution is -0.228. The zero-order valence-corrected chi connectivity index (χ0v) is 27.6. The number of aliphatic hydroxyl groups excluding tert-OH is 1. The van der Waals surface area contributed by atoms with E-state index in [9.17, 15) is 24.9 Å². The van der Waals surface area contributed by atoms with E-state index in [0.29, 0.717) is 17.8 Å². The van der Waals surface area contributed by atoms with Gasteiger partial charge in [-0.3, -0.25) is 9.59 Å². The third-order valence-electron chi connectivity index (χ3n) is 11.6. The molecule has 0 bridgehead atoms. The second-order valence-corrected chi connectivity index (χ2v) is 14.7. The molecule has 4 aliphatic rings. The largest absolute Gasteiger partial charge is 0.459 e. The molecule has 0 radical (unpaired) electrons. The molecule has 2 saturated carbocycles. The molecule has 0 aromatic rings. The molecule has 3 N–H and O–H groups in total. The maximum absolute atomic E-state index is 13.2. The van der Waals surface area contributed by atoms with Crippen LogP contribution in [0.2, 0.25) is 0 Å². The maximum Gasteiger partial charge on any atom is 0.303 e. The predicted molar refractivity (Wildman–Crippen MR) is 167 cm³/mol. The van der Waals surface area contributed by atoms with Crippen molar-refractivity contribution in [2.45, 2.75) is 148 Å². The number of esters is 1. The molecule has 4 rings (SSSR count). The van der Waals surface area contributed by atoms with Gasteiger partial charge in [0.05, 0.1) is 12.2 Å². The molecule has 0 spiro atoms. The van der Waals surface area contributed by atoms with Gasteiger partial charge >= 0.3 is 5.97 Å². The van der Waals surface area contributed by atoms with Gasteiger partial charge in [0.15, 0.2) is 5.78 Å². The van der Waals surface area contributed by atoms with Crippen LogP contribution in [-0.4, -0.2) is 63.2 Å². The van der Waals surface area contributed by atoms with E-state index in [4.69, 9.17) is 9.47 Å². The molecular formula is C36H58O7. The van der Waals surface area contributed by atoms with Gasteiger partial charge in [0.2, 0.25) is 0 Å². The van der Waals surface area contributed by atoms with Crippen LogP contribution in [0.4, 0.5) is 0 Å². The van der Waals surface area contributed by atoms with Crippen LogP contribution in [0.15, 0.2) is 23.3 Å². The fourth-order valence-corrected chi connectivity index (χ4v) is 9.29. The van der Waals surface area contributed by atoms with Crippen molar-refractivity contribution in [1.82, 2.24) is 0 Å². The normalized spacial score (nSPS) is 37.5. The molecule has 8 atom stereocenters. The molecule has 0 unspecified atom stereocenters. The number of carbonyl (C=O) groups excluding carboxylic acids is 2. The molecule has 7 nitrogen and oxygen atoms in total. The summed E-state index contributed by atoms with van der Waals surface area (Å²) in [6.45, 7) is 11.6. The highest BCUT2D eigenvalue weighted by Crippen LogP contribution is 2.77. The minimum Gasteiger partial charge on any atom is -0.459 e. The monoisotopic (exact) mass is 602 g/mol. The van der Waals surface area contributed by atoms with Crippen LogP contribution in [0, 0.1) is 29.1 Å². The van der Waals surface area contributed by atoms with Gasteiger partial charge in [-0.15, -0.1) is 0 Å². The molecule has 4 aliphatic carbocycles. The number of Topliss-reactive ketones (excluding diaryl/α,β-unsaturated/α-hetero) is 1. The van der Waals surface area contributed by atoms with E-state index in [2.05, 4.69) is 20.8 Å². The first-order chi connectivity index (χ1) is 20.3. The van der Waals surface area contributed by atoms with Gasteiger partial charge < -0.3 is 24.8 Å². The summed E-state index contributed by atoms with van der Waals surface area (Å²) in [7, 11) is 0. The summed E-state index contributed by atoms with van der Waals surface area (Å²) in [4.78, 5) is 25.7. The molecule has 244 valence electrons. The van der Waals surface area contributed by atoms with Crippen molar-refractivity contribution in [3.05, 3.63) is 23.3 Å². The lowest BCUT2D eigenvalue weighted by Gasteiger charge is -2.53. The van der Waals surface area contributed by atoms with Crippen LogP contribution in [0.1, 0.15) is 125 Å². The average Bonchev–Trinajstić information content (AvgIpc) is 3.39. The average molecular weight is 603 g/mol. The molecule has 0 aromatic carbocycles. The first kappa shape index (κ1) is 34.3. The zero-order valence-electron chi connectivity index (χ0n) is 27.6. The lowest BCUT2D eigenvalue weighted by atomic mass is 9.59. The number of ether oxygens (including phenoxy) is 2. The van der Waals surface area contributed by atoms with Crippen LogP contribution in [0.25, 0.3) is 0 Å². The van der Waals surface area contributed by atoms with Crippen molar-refractivity contribution >= 4 is 11.8 Å². The minimum atomic E-state index is -1.86. The third-order valence-corrected chi connectivity index (χ3v) is 11.6. The number of rotatable bonds is 16. The Labute approximate surface area is 259 Å². The SMILES string of the molecule is CCCCCCCCCCCCCCO[C@@]12[C@H](OC(C)=O)[C@@H](C)[C@@]3(O)[C@@H](C=C(CO)C[C@]4(O)C(=O)C(C)=C[C@@H]34)[C@H]1C2(C)C. The summed E-state index contributed by atoms with van der Waals surface area (Å²) in [5, 5.41) is 34.8. The lowest BCUT2D eigenvalue weighted by Crippen LogP contribution is -2.66. The molecule has 0 saturated heterocycles. The van der Waals surface area contributed by atoms with Crippen molar-refractivity contribution in [3.63, 3.8) is 0 Å². The Balaban J connectivity index is 1.46. The highest BCUT2D eigenvalue weighted by molar-refractivity contribution is 6.04. The Morgan fingerprint density at radius 1 is 0.953 bits per heavy atom. The number of carbonyl (C=O) groups is 2. The van der Waals surface area contributed by atoms with Gasteiger partial charge in [0.25, 0.3) is 0 Å². The number of unbranched alkanes of at least 4 members (excludes halogenated alkanes) is 11. The fourth-order valence-electron chi connectivity index (χ4n) is 9.29. The van der Waals surface area contributed by atoms with E-state index in [-0.39, 0.29) is 18.9 Å². The van der Waals surface area contributed by atoms with E-state index in [1.54, 1.807) is 13.0 Å². The Hall–Kier alpha value is -1.54. The van der Waals surface area contributed by atoms with Gasteiger partial charge in [0, 0.05) is 49.0 Å². The van der Waals surface area contributed by atoms with E-state index in [1.165, 1.54) is 71.1 Å². The van der Waals surface area contributed by atoms with E-state index in [1.807, 2.05) is 13.0 Å². The standard InChI is InChI=1S/C36H58O7/c1-7-8-9-10-11-12-13-14-15-16-17-18-19-42-36-30(33(36,5)6)28-21-27(23-37)22-34(40)29(20-24(2)31(34)39)35(28,41)25(3)32(36)43-26(4)38/h20-21,25,28-30,32,37,40-41H,7-19,22-23H2,1-6H3/t25-,28+,29-,30+,32-,34-,35-,36-/m1/s1. The summed E-state index contributed by atoms with van der Waals surface area (Å²) in [6.07, 6.45) is 17.9. The second-order valence-electron chi connectivity index (χ2n) is 14.7. The Bertz CT molecular complexity index is 1080. The topological polar surface area (TPSA) is 113 Å². The van der Waals surface area contributed by atoms with E-state index < -0.39 is 57.8 Å². The van der Waals surface area contributed by atoms with Crippen molar-refractivity contribution in [1.29, 1.82) is 0 Å². The number of hydrogen-bond donors (Lipinski definition) is 3. The summed E-state index contributed by atoms with van der Waals surface area (Å²) in [5.41, 5.74) is -3.75. The van der Waals surface area contributed by atoms with Gasteiger partial charge in [-0.05, 0) is 24.5 Å². The van der Waals surface area contributed by atoms with Crippen LogP contribution >= 0.6 is 0 Å². The van der Waals surface area contributed by atoms with E-state index in [0.717, 1.165) is 12.8 Å². The summed E-state index contributed by atoms with van der Waals surface area (Å²) < 4.78 is 12.8. The minimum absolute atomic E-state index is 0.0372. The van der Waals surface area contributed by atoms with Crippen molar-refractivity contribution < 1.29 is 34.4 Å². The molecule has 7 heteroatoms. The third kappa shape index (κ3) is 5.93. The highest BCUT2D eigenvalue weighted by Gasteiger charge is 2.86. The molecule has 0 amide bonds. The van der Waals surface area contributed by atoms with Gasteiger partial charge in [-0.25, -0.2) is 0 Å². The smallest absolute Gasteiger partial charge is 0.303 e. The van der Waals surface area contributed by atoms with Crippen LogP contribution in [0.5, 0.6) is 0 Å². The molecular weight excluding hydrogens is 544 g/mol. The summed E-state index contributed by atoms with van der Waals surface area (Å²) in [5.74, 6) is -3.12. The number of fused-ring (bicyclic) bond motifs is 5. The molecule has 2 fully saturated rings. The number of ketones is 1. The number of aliphatic hydroxyl groups is 3. The Morgan fingerprint density at radius 2 is 1.51 bits per heavy atom. The van der Waals surface area contributed by atoms with Gasteiger partial charge in [-0.2, -0.15) is 0 Å². The maximum atomic E-state index is 13.2. The van der Waals surface area contributed by atoms with E-state index >= 15 is 0 Å². The predicted octanol–water partition coefficient (Wildman–Crippen LogP) is 6.23. The summed E-state index contributed by atoms with van der Waals surface area (Å²) in [6, 6.07) is 0. The second kappa shape index (κ2) is 13.4. The first-order valence-electron chi connectivity index (χ1n) is 17.1. The van der Waals surface area contributed by atoms with Crippen LogP contribution in [-0.2, 0) is 19.1 Å². The quantitative estimate of drug-likeness (QED) is 0.109. The van der Waals surface area contributed by atoms with Crippen LogP contribution in [0.3, 0.4) is 0 Å². The molecule has 43 heavy (non-hydrogen) atoms. The summed E-state index contributed by atoms with van der Waals surface area (Å²) >= 11 is 0. The van der Waals surface area contributed by atoms with Gasteiger partial charge in [-0.1, -0.05) is 110 Å². The molecule has 0 heterocycles.